The summed E-state index contributed by atoms with van der Waals surface area (Å²) in [5.74, 6) is 0. The third kappa shape index (κ3) is 3.14. The highest BCUT2D eigenvalue weighted by molar-refractivity contribution is 7.89. The zero-order chi connectivity index (χ0) is 17.5. The molecule has 2 fully saturated rings. The molecule has 0 radical (unpaired) electrons. The number of hydrogen-bond donors (Lipinski definition) is 0. The van der Waals surface area contributed by atoms with Crippen LogP contribution in [-0.2, 0) is 10.0 Å². The zero-order valence-corrected chi connectivity index (χ0v) is 16.2. The number of aryl methyl sites for hydroxylation is 2. The average Bonchev–Trinajstić information content (AvgIpc) is 3.17. The van der Waals surface area contributed by atoms with Crippen LogP contribution in [0.15, 0.2) is 11.0 Å². The molecule has 0 spiro atoms. The molecule has 2 aliphatic heterocycles. The van der Waals surface area contributed by atoms with Crippen molar-refractivity contribution in [3.63, 3.8) is 0 Å². The molecular formula is C19H30N2O2S. The predicted octanol–water partition coefficient (Wildman–Crippen LogP) is 3.17. The van der Waals surface area contributed by atoms with Crippen molar-refractivity contribution in [1.82, 2.24) is 9.21 Å². The van der Waals surface area contributed by atoms with E-state index in [9.17, 15) is 8.42 Å². The summed E-state index contributed by atoms with van der Waals surface area (Å²) in [6.45, 7) is 11.7. The van der Waals surface area contributed by atoms with Crippen LogP contribution in [0.3, 0.4) is 0 Å². The Kier molecular flexibility index (Phi) is 5.05. The van der Waals surface area contributed by atoms with Crippen LogP contribution >= 0.6 is 0 Å². The van der Waals surface area contributed by atoms with Gasteiger partial charge in [0.05, 0.1) is 4.90 Å². The van der Waals surface area contributed by atoms with E-state index in [2.05, 4.69) is 11.0 Å². The molecule has 0 saturated carbocycles. The number of sulfonamides is 1. The van der Waals surface area contributed by atoms with E-state index in [0.29, 0.717) is 11.4 Å². The second-order valence-corrected chi connectivity index (χ2v) is 9.34. The lowest BCUT2D eigenvalue weighted by Gasteiger charge is -2.29. The Morgan fingerprint density at radius 1 is 0.958 bits per heavy atom. The molecule has 1 aromatic carbocycles. The lowest BCUT2D eigenvalue weighted by molar-refractivity contribution is 0.257. The van der Waals surface area contributed by atoms with Crippen LogP contribution in [0, 0.1) is 27.7 Å². The summed E-state index contributed by atoms with van der Waals surface area (Å²) < 4.78 is 28.7. The maximum absolute atomic E-state index is 13.5. The Hall–Kier alpha value is -0.910. The molecule has 2 aliphatic rings. The van der Waals surface area contributed by atoms with Crippen molar-refractivity contribution in [3.05, 3.63) is 28.3 Å². The van der Waals surface area contributed by atoms with Crippen LogP contribution < -0.4 is 0 Å². The second-order valence-electron chi connectivity index (χ2n) is 7.51. The van der Waals surface area contributed by atoms with Gasteiger partial charge in [-0.3, -0.25) is 0 Å². The number of benzene rings is 1. The van der Waals surface area contributed by atoms with Gasteiger partial charge in [-0.05, 0) is 88.7 Å². The van der Waals surface area contributed by atoms with Gasteiger partial charge in [0, 0.05) is 19.1 Å². The summed E-state index contributed by atoms with van der Waals surface area (Å²) in [5, 5.41) is 0. The Morgan fingerprint density at radius 2 is 1.54 bits per heavy atom. The molecule has 2 saturated heterocycles. The van der Waals surface area contributed by atoms with Crippen LogP contribution in [0.1, 0.15) is 47.9 Å². The summed E-state index contributed by atoms with van der Waals surface area (Å²) >= 11 is 0. The maximum Gasteiger partial charge on any atom is 0.243 e. The van der Waals surface area contributed by atoms with Crippen molar-refractivity contribution in [2.75, 3.05) is 26.2 Å². The zero-order valence-electron chi connectivity index (χ0n) is 15.4. The first-order valence-electron chi connectivity index (χ1n) is 9.14. The summed E-state index contributed by atoms with van der Waals surface area (Å²) in [5.41, 5.74) is 3.94. The molecule has 0 aromatic heterocycles. The molecule has 4 nitrogen and oxygen atoms in total. The molecule has 0 amide bonds. The number of rotatable bonds is 4. The van der Waals surface area contributed by atoms with Crippen molar-refractivity contribution < 1.29 is 8.42 Å². The highest BCUT2D eigenvalue weighted by Gasteiger charge is 2.38. The Balaban J connectivity index is 1.95. The van der Waals surface area contributed by atoms with E-state index in [1.54, 1.807) is 4.31 Å². The van der Waals surface area contributed by atoms with Gasteiger partial charge in [0.1, 0.15) is 0 Å². The Morgan fingerprint density at radius 3 is 2.12 bits per heavy atom. The van der Waals surface area contributed by atoms with Gasteiger partial charge in [0.15, 0.2) is 0 Å². The first-order chi connectivity index (χ1) is 11.3. The minimum atomic E-state index is -3.43. The number of likely N-dealkylation sites (tertiary alicyclic amines) is 1. The molecule has 1 unspecified atom stereocenters. The average molecular weight is 351 g/mol. The van der Waals surface area contributed by atoms with E-state index in [4.69, 9.17) is 0 Å². The third-order valence-electron chi connectivity index (χ3n) is 5.85. The van der Waals surface area contributed by atoms with E-state index in [0.717, 1.165) is 54.7 Å². The van der Waals surface area contributed by atoms with Crippen molar-refractivity contribution in [2.24, 2.45) is 0 Å². The fourth-order valence-electron chi connectivity index (χ4n) is 4.26. The fraction of sp³-hybridized carbons (Fsp3) is 0.684. The maximum atomic E-state index is 13.5. The van der Waals surface area contributed by atoms with Crippen molar-refractivity contribution in [2.45, 2.75) is 64.3 Å². The largest absolute Gasteiger partial charge is 0.302 e. The minimum absolute atomic E-state index is 0.132. The van der Waals surface area contributed by atoms with E-state index < -0.39 is 10.0 Å². The Bertz CT molecular complexity index is 695. The van der Waals surface area contributed by atoms with Gasteiger partial charge < -0.3 is 4.90 Å². The molecule has 134 valence electrons. The molecular weight excluding hydrogens is 320 g/mol. The van der Waals surface area contributed by atoms with Gasteiger partial charge in [-0.1, -0.05) is 6.07 Å². The van der Waals surface area contributed by atoms with E-state index in [1.165, 1.54) is 12.8 Å². The standard InChI is InChI=1S/C19H30N2O2S/c1-14-12-15(2)17(4)19(16(14)3)24(22,23)21-11-7-8-18(21)13-20-9-5-6-10-20/h12,18H,5-11,13H2,1-4H3. The monoisotopic (exact) mass is 350 g/mol. The van der Waals surface area contributed by atoms with Gasteiger partial charge in [0.2, 0.25) is 10.0 Å². The second kappa shape index (κ2) is 6.77. The summed E-state index contributed by atoms with van der Waals surface area (Å²) in [6, 6.07) is 2.22. The van der Waals surface area contributed by atoms with Crippen molar-refractivity contribution in [3.8, 4) is 0 Å². The van der Waals surface area contributed by atoms with Crippen molar-refractivity contribution in [1.29, 1.82) is 0 Å². The lowest BCUT2D eigenvalue weighted by atomic mass is 10.0. The number of nitrogens with zero attached hydrogens (tertiary/aromatic N) is 2. The van der Waals surface area contributed by atoms with Gasteiger partial charge in [0.25, 0.3) is 0 Å². The molecule has 0 N–H and O–H groups in total. The Labute approximate surface area is 146 Å². The minimum Gasteiger partial charge on any atom is -0.302 e. The van der Waals surface area contributed by atoms with Crippen LogP contribution in [0.25, 0.3) is 0 Å². The van der Waals surface area contributed by atoms with E-state index in [1.807, 2.05) is 27.7 Å². The molecule has 5 heteroatoms. The first kappa shape index (κ1) is 17.9. The van der Waals surface area contributed by atoms with Crippen LogP contribution in [0.2, 0.25) is 0 Å². The third-order valence-corrected chi connectivity index (χ3v) is 8.08. The molecule has 2 heterocycles. The number of hydrogen-bond acceptors (Lipinski definition) is 3. The SMILES string of the molecule is Cc1cc(C)c(C)c(S(=O)(=O)N2CCCC2CN2CCCC2)c1C. The van der Waals surface area contributed by atoms with Crippen LogP contribution in [0.5, 0.6) is 0 Å². The molecule has 1 aromatic rings. The van der Waals surface area contributed by atoms with E-state index in [-0.39, 0.29) is 6.04 Å². The molecule has 3 rings (SSSR count). The fourth-order valence-corrected chi connectivity index (χ4v) is 6.52. The van der Waals surface area contributed by atoms with Gasteiger partial charge >= 0.3 is 0 Å². The highest BCUT2D eigenvalue weighted by atomic mass is 32.2. The summed E-state index contributed by atoms with van der Waals surface area (Å²) in [4.78, 5) is 2.98. The van der Waals surface area contributed by atoms with Crippen LogP contribution in [-0.4, -0.2) is 49.8 Å². The normalized spacial score (nSPS) is 23.2. The molecule has 24 heavy (non-hydrogen) atoms. The molecule has 0 aliphatic carbocycles. The quantitative estimate of drug-likeness (QED) is 0.837. The van der Waals surface area contributed by atoms with E-state index >= 15 is 0 Å². The summed E-state index contributed by atoms with van der Waals surface area (Å²) in [6.07, 6.45) is 4.45. The van der Waals surface area contributed by atoms with Gasteiger partial charge in [-0.25, -0.2) is 8.42 Å². The summed E-state index contributed by atoms with van der Waals surface area (Å²) in [7, 11) is -3.43. The first-order valence-corrected chi connectivity index (χ1v) is 10.6. The smallest absolute Gasteiger partial charge is 0.243 e. The lowest BCUT2D eigenvalue weighted by Crippen LogP contribution is -2.43. The predicted molar refractivity (Wildman–Crippen MR) is 98.0 cm³/mol. The topological polar surface area (TPSA) is 40.6 Å². The van der Waals surface area contributed by atoms with Gasteiger partial charge in [-0.2, -0.15) is 4.31 Å². The highest BCUT2D eigenvalue weighted by Crippen LogP contribution is 2.33. The van der Waals surface area contributed by atoms with Gasteiger partial charge in [-0.15, -0.1) is 0 Å². The van der Waals surface area contributed by atoms with Crippen molar-refractivity contribution >= 4 is 10.0 Å². The molecule has 1 atom stereocenters. The van der Waals surface area contributed by atoms with Crippen LogP contribution in [0.4, 0.5) is 0 Å². The molecule has 0 bridgehead atoms.